The lowest BCUT2D eigenvalue weighted by Crippen LogP contribution is -1.87. The molecule has 2 rings (SSSR count). The third kappa shape index (κ3) is 8.68. The molecule has 28 heavy (non-hydrogen) atoms. The number of hydrogen-bond acceptors (Lipinski definition) is 2. The summed E-state index contributed by atoms with van der Waals surface area (Å²) in [6.07, 6.45) is 19.7. The molecule has 0 saturated heterocycles. The quantitative estimate of drug-likeness (QED) is 0.282. The average molecular weight is 388 g/mol. The number of rotatable bonds is 17. The number of aromatic nitrogens is 1. The summed E-state index contributed by atoms with van der Waals surface area (Å²) in [6, 6.07) is 8.44. The van der Waals surface area contributed by atoms with Crippen molar-refractivity contribution in [2.24, 2.45) is 0 Å². The van der Waals surface area contributed by atoms with Crippen LogP contribution in [0.5, 0.6) is 5.75 Å². The minimum atomic E-state index is 0.359. The summed E-state index contributed by atoms with van der Waals surface area (Å²) in [6.45, 7) is 0.359. The highest BCUT2D eigenvalue weighted by Gasteiger charge is 2.05. The van der Waals surface area contributed by atoms with Gasteiger partial charge in [0.2, 0.25) is 0 Å². The lowest BCUT2D eigenvalue weighted by molar-refractivity contribution is 0.282. The van der Waals surface area contributed by atoms with Crippen LogP contribution in [0.25, 0.3) is 10.9 Å². The van der Waals surface area contributed by atoms with Gasteiger partial charge in [-0.05, 0) is 37.5 Å². The van der Waals surface area contributed by atoms with Gasteiger partial charge in [0.1, 0.15) is 5.75 Å². The predicted molar refractivity (Wildman–Crippen MR) is 120 cm³/mol. The van der Waals surface area contributed by atoms with E-state index in [4.69, 9.17) is 9.84 Å². The molecule has 0 atom stereocenters. The molecule has 0 radical (unpaired) electrons. The van der Waals surface area contributed by atoms with Crippen LogP contribution in [0.3, 0.4) is 0 Å². The molecule has 0 saturated carbocycles. The van der Waals surface area contributed by atoms with E-state index in [1.165, 1.54) is 100 Å². The number of aliphatic hydroxyl groups excluding tert-OH is 1. The molecule has 0 aliphatic carbocycles. The van der Waals surface area contributed by atoms with Crippen LogP contribution < -0.4 is 4.74 Å². The van der Waals surface area contributed by atoms with E-state index in [0.29, 0.717) is 6.61 Å². The van der Waals surface area contributed by atoms with Crippen molar-refractivity contribution in [1.29, 1.82) is 0 Å². The van der Waals surface area contributed by atoms with Gasteiger partial charge in [-0.25, -0.2) is 0 Å². The number of methoxy groups -OCH3 is 1. The monoisotopic (exact) mass is 387 g/mol. The lowest BCUT2D eigenvalue weighted by Gasteiger charge is -2.03. The van der Waals surface area contributed by atoms with Crippen molar-refractivity contribution in [3.8, 4) is 5.75 Å². The van der Waals surface area contributed by atoms with Crippen LogP contribution in [0.2, 0.25) is 0 Å². The molecule has 0 amide bonds. The Morgan fingerprint density at radius 3 is 1.82 bits per heavy atom. The van der Waals surface area contributed by atoms with E-state index in [9.17, 15) is 0 Å². The third-order valence-corrected chi connectivity index (χ3v) is 5.75. The van der Waals surface area contributed by atoms with Crippen molar-refractivity contribution in [2.75, 3.05) is 13.7 Å². The molecule has 1 heterocycles. The zero-order valence-electron chi connectivity index (χ0n) is 18.0. The van der Waals surface area contributed by atoms with Crippen LogP contribution >= 0.6 is 0 Å². The molecule has 2 aromatic rings. The second-order valence-corrected chi connectivity index (χ2v) is 8.14. The van der Waals surface area contributed by atoms with Gasteiger partial charge < -0.3 is 14.8 Å². The maximum atomic E-state index is 8.75. The number of ether oxygens (including phenoxy) is 1. The molecule has 3 heteroatoms. The highest BCUT2D eigenvalue weighted by molar-refractivity contribution is 5.86. The van der Waals surface area contributed by atoms with Crippen molar-refractivity contribution in [2.45, 2.75) is 96.3 Å². The van der Waals surface area contributed by atoms with Crippen molar-refractivity contribution in [3.63, 3.8) is 0 Å². The zero-order valence-corrected chi connectivity index (χ0v) is 18.0. The first-order chi connectivity index (χ1) is 13.8. The smallest absolute Gasteiger partial charge is 0.128 e. The number of unbranched alkanes of at least 4 members (excludes halogenated alkanes) is 13. The largest absolute Gasteiger partial charge is 0.496 e. The van der Waals surface area contributed by atoms with E-state index >= 15 is 0 Å². The van der Waals surface area contributed by atoms with Gasteiger partial charge >= 0.3 is 0 Å². The third-order valence-electron chi connectivity index (χ3n) is 5.75. The van der Waals surface area contributed by atoms with Crippen LogP contribution in [0, 0.1) is 0 Å². The van der Waals surface area contributed by atoms with Crippen molar-refractivity contribution in [3.05, 3.63) is 30.0 Å². The summed E-state index contributed by atoms with van der Waals surface area (Å²) >= 11 is 0. The van der Waals surface area contributed by atoms with E-state index < -0.39 is 0 Å². The number of fused-ring (bicyclic) bond motifs is 1. The standard InChI is InChI=1S/C25H41NO2/c1-28-25-19-16-18-24-23(25)21-22(26-24)17-14-12-10-8-6-4-2-3-5-7-9-11-13-15-20-27/h16,18-19,21,26-27H,2-15,17,20H2,1H3. The summed E-state index contributed by atoms with van der Waals surface area (Å²) in [5.74, 6) is 0.960. The van der Waals surface area contributed by atoms with Gasteiger partial charge in [-0.1, -0.05) is 83.1 Å². The first-order valence-electron chi connectivity index (χ1n) is 11.6. The Morgan fingerprint density at radius 2 is 1.29 bits per heavy atom. The Hall–Kier alpha value is -1.48. The SMILES string of the molecule is COc1cccc2[nH]c(CCCCCCCCCCCCCCCCO)cc12. The Balaban J connectivity index is 1.41. The Kier molecular flexibility index (Phi) is 11.8. The summed E-state index contributed by atoms with van der Waals surface area (Å²) in [4.78, 5) is 3.53. The van der Waals surface area contributed by atoms with Crippen LogP contribution in [0.4, 0.5) is 0 Å². The molecule has 2 N–H and O–H groups in total. The van der Waals surface area contributed by atoms with Gasteiger partial charge in [0.05, 0.1) is 7.11 Å². The van der Waals surface area contributed by atoms with Gasteiger partial charge in [0.15, 0.2) is 0 Å². The summed E-state index contributed by atoms with van der Waals surface area (Å²) < 4.78 is 5.44. The highest BCUT2D eigenvalue weighted by atomic mass is 16.5. The minimum Gasteiger partial charge on any atom is -0.496 e. The Morgan fingerprint density at radius 1 is 0.750 bits per heavy atom. The van der Waals surface area contributed by atoms with Crippen LogP contribution in [0.15, 0.2) is 24.3 Å². The number of nitrogens with one attached hydrogen (secondary N) is 1. The average Bonchev–Trinajstić information content (AvgIpc) is 3.14. The summed E-state index contributed by atoms with van der Waals surface area (Å²) in [7, 11) is 1.74. The van der Waals surface area contributed by atoms with Crippen molar-refractivity contribution in [1.82, 2.24) is 4.98 Å². The Labute approximate surface area is 171 Å². The van der Waals surface area contributed by atoms with Gasteiger partial charge in [-0.3, -0.25) is 0 Å². The molecule has 0 aliphatic rings. The first-order valence-corrected chi connectivity index (χ1v) is 11.6. The number of aryl methyl sites for hydroxylation is 1. The first kappa shape index (κ1) is 22.8. The maximum Gasteiger partial charge on any atom is 0.128 e. The number of benzene rings is 1. The molecule has 0 spiro atoms. The van der Waals surface area contributed by atoms with E-state index in [1.807, 2.05) is 12.1 Å². The van der Waals surface area contributed by atoms with E-state index in [2.05, 4.69) is 17.1 Å². The fraction of sp³-hybridized carbons (Fsp3) is 0.680. The van der Waals surface area contributed by atoms with Gasteiger partial charge in [0.25, 0.3) is 0 Å². The molecule has 0 fully saturated rings. The van der Waals surface area contributed by atoms with Crippen LogP contribution in [0.1, 0.15) is 95.6 Å². The second-order valence-electron chi connectivity index (χ2n) is 8.14. The predicted octanol–water partition coefficient (Wildman–Crippen LogP) is 7.17. The molecule has 158 valence electrons. The molecular formula is C25H41NO2. The zero-order chi connectivity index (χ0) is 19.9. The highest BCUT2D eigenvalue weighted by Crippen LogP contribution is 2.26. The second kappa shape index (κ2) is 14.5. The number of H-pyrrole nitrogens is 1. The molecule has 1 aromatic carbocycles. The van der Waals surface area contributed by atoms with Crippen LogP contribution in [-0.2, 0) is 6.42 Å². The topological polar surface area (TPSA) is 45.2 Å². The van der Waals surface area contributed by atoms with Gasteiger partial charge in [-0.2, -0.15) is 0 Å². The molecule has 0 unspecified atom stereocenters. The maximum absolute atomic E-state index is 8.75. The van der Waals surface area contributed by atoms with Gasteiger partial charge in [-0.15, -0.1) is 0 Å². The van der Waals surface area contributed by atoms with Crippen molar-refractivity contribution < 1.29 is 9.84 Å². The molecule has 0 bridgehead atoms. The van der Waals surface area contributed by atoms with Crippen molar-refractivity contribution >= 4 is 10.9 Å². The molecule has 3 nitrogen and oxygen atoms in total. The van der Waals surface area contributed by atoms with Crippen LogP contribution in [-0.4, -0.2) is 23.8 Å². The normalized spacial score (nSPS) is 11.4. The number of aliphatic hydroxyl groups is 1. The fourth-order valence-electron chi connectivity index (χ4n) is 4.05. The minimum absolute atomic E-state index is 0.359. The van der Waals surface area contributed by atoms with E-state index in [0.717, 1.165) is 18.6 Å². The fourth-order valence-corrected chi connectivity index (χ4v) is 4.05. The summed E-state index contributed by atoms with van der Waals surface area (Å²) in [5.41, 5.74) is 2.51. The van der Waals surface area contributed by atoms with Gasteiger partial charge in [0, 0.05) is 23.2 Å². The van der Waals surface area contributed by atoms with E-state index in [1.54, 1.807) is 7.11 Å². The van der Waals surface area contributed by atoms with E-state index in [-0.39, 0.29) is 0 Å². The number of aromatic amines is 1. The lowest BCUT2D eigenvalue weighted by atomic mass is 10.0. The summed E-state index contributed by atoms with van der Waals surface area (Å²) in [5, 5.41) is 9.95. The molecule has 1 aromatic heterocycles. The molecular weight excluding hydrogens is 346 g/mol. The Bertz CT molecular complexity index is 635. The molecule has 0 aliphatic heterocycles. The number of hydrogen-bond donors (Lipinski definition) is 2.